The molecule has 0 fully saturated rings. The van der Waals surface area contributed by atoms with Gasteiger partial charge in [0.2, 0.25) is 5.13 Å². The van der Waals surface area contributed by atoms with Gasteiger partial charge in [0.25, 0.3) is 5.91 Å². The first-order valence-electron chi connectivity index (χ1n) is 5.78. The third kappa shape index (κ3) is 3.99. The van der Waals surface area contributed by atoms with E-state index < -0.39 is 0 Å². The van der Waals surface area contributed by atoms with Crippen LogP contribution in [0, 0.1) is 0 Å². The zero-order chi connectivity index (χ0) is 13.7. The molecule has 0 aliphatic rings. The van der Waals surface area contributed by atoms with Gasteiger partial charge in [-0.2, -0.15) is 0 Å². The molecule has 3 N–H and O–H groups in total. The largest absolute Gasteiger partial charge is 0.330 e. The van der Waals surface area contributed by atoms with Crippen molar-refractivity contribution in [3.63, 3.8) is 0 Å². The Labute approximate surface area is 119 Å². The number of aryl methyl sites for hydroxylation is 1. The molecule has 0 atom stereocenters. The normalized spacial score (nSPS) is 10.4. The van der Waals surface area contributed by atoms with Crippen LogP contribution in [0.1, 0.15) is 21.8 Å². The lowest BCUT2D eigenvalue weighted by molar-refractivity contribution is 0.102. The first-order chi connectivity index (χ1) is 9.19. The molecule has 7 heteroatoms. The molecule has 0 radical (unpaired) electrons. The quantitative estimate of drug-likeness (QED) is 0.887. The Morgan fingerprint density at radius 2 is 2.26 bits per heavy atom. The van der Waals surface area contributed by atoms with Crippen molar-refractivity contribution >= 4 is 34.0 Å². The monoisotopic (exact) mass is 296 g/mol. The van der Waals surface area contributed by atoms with Crippen LogP contribution in [-0.2, 0) is 6.42 Å². The zero-order valence-electron chi connectivity index (χ0n) is 10.1. The van der Waals surface area contributed by atoms with E-state index in [1.54, 1.807) is 24.3 Å². The highest BCUT2D eigenvalue weighted by molar-refractivity contribution is 7.15. The summed E-state index contributed by atoms with van der Waals surface area (Å²) in [5.41, 5.74) is 5.92. The summed E-state index contributed by atoms with van der Waals surface area (Å²) in [5, 5.41) is 12.5. The summed E-state index contributed by atoms with van der Waals surface area (Å²) in [5.74, 6) is -0.246. The number of nitrogens with zero attached hydrogens (tertiary/aromatic N) is 2. The fourth-order valence-corrected chi connectivity index (χ4v) is 2.42. The zero-order valence-corrected chi connectivity index (χ0v) is 11.7. The maximum absolute atomic E-state index is 11.9. The Kier molecular flexibility index (Phi) is 4.84. The third-order valence-electron chi connectivity index (χ3n) is 2.37. The smallest absolute Gasteiger partial charge is 0.257 e. The van der Waals surface area contributed by atoms with E-state index in [1.165, 1.54) is 11.3 Å². The Morgan fingerprint density at radius 1 is 1.42 bits per heavy atom. The number of nitrogens with one attached hydrogen (secondary N) is 1. The number of nitrogens with two attached hydrogens (primary N) is 1. The van der Waals surface area contributed by atoms with Crippen molar-refractivity contribution in [1.82, 2.24) is 10.2 Å². The highest BCUT2D eigenvalue weighted by Gasteiger charge is 2.10. The summed E-state index contributed by atoms with van der Waals surface area (Å²) >= 11 is 7.19. The molecule has 1 amide bonds. The number of benzene rings is 1. The van der Waals surface area contributed by atoms with Crippen molar-refractivity contribution in [3.05, 3.63) is 39.9 Å². The molecule has 2 rings (SSSR count). The summed E-state index contributed by atoms with van der Waals surface area (Å²) < 4.78 is 0. The number of amides is 1. The molecule has 0 saturated heterocycles. The number of aromatic nitrogens is 2. The summed E-state index contributed by atoms with van der Waals surface area (Å²) in [6.07, 6.45) is 1.64. The molecule has 1 aromatic carbocycles. The molecule has 1 aromatic heterocycles. The van der Waals surface area contributed by atoms with Crippen LogP contribution in [0.4, 0.5) is 5.13 Å². The number of carbonyl (C=O) groups excluding carboxylic acids is 1. The van der Waals surface area contributed by atoms with E-state index in [1.807, 2.05) is 0 Å². The number of halogens is 1. The van der Waals surface area contributed by atoms with Crippen LogP contribution in [0.15, 0.2) is 24.3 Å². The average molecular weight is 297 g/mol. The second-order valence-electron chi connectivity index (χ2n) is 3.86. The Hall–Kier alpha value is -1.50. The summed E-state index contributed by atoms with van der Waals surface area (Å²) in [6.45, 7) is 0.615. The van der Waals surface area contributed by atoms with Gasteiger partial charge < -0.3 is 5.73 Å². The van der Waals surface area contributed by atoms with Crippen LogP contribution < -0.4 is 11.1 Å². The number of hydrogen-bond donors (Lipinski definition) is 2. The van der Waals surface area contributed by atoms with Gasteiger partial charge in [-0.3, -0.25) is 10.1 Å². The van der Waals surface area contributed by atoms with E-state index in [0.29, 0.717) is 22.3 Å². The molecule has 0 saturated carbocycles. The van der Waals surface area contributed by atoms with Crippen molar-refractivity contribution in [2.24, 2.45) is 5.73 Å². The van der Waals surface area contributed by atoms with Gasteiger partial charge in [-0.15, -0.1) is 10.2 Å². The fourth-order valence-electron chi connectivity index (χ4n) is 1.46. The molecular formula is C12H13ClN4OS. The van der Waals surface area contributed by atoms with E-state index in [4.69, 9.17) is 17.3 Å². The number of anilines is 1. The van der Waals surface area contributed by atoms with Gasteiger partial charge >= 0.3 is 0 Å². The lowest BCUT2D eigenvalue weighted by Crippen LogP contribution is -2.11. The standard InChI is InChI=1S/C12H13ClN4OS/c13-9-4-1-3-8(7-9)11(18)15-12-17-16-10(19-12)5-2-6-14/h1,3-4,7H,2,5-6,14H2,(H,15,17,18). The third-order valence-corrected chi connectivity index (χ3v) is 3.50. The van der Waals surface area contributed by atoms with Crippen LogP contribution in [0.3, 0.4) is 0 Å². The predicted octanol–water partition coefficient (Wildman–Crippen LogP) is 2.34. The van der Waals surface area contributed by atoms with E-state index in [0.717, 1.165) is 17.8 Å². The molecule has 1 heterocycles. The Balaban J connectivity index is 2.00. The maximum atomic E-state index is 11.9. The van der Waals surface area contributed by atoms with Gasteiger partial charge in [0.1, 0.15) is 5.01 Å². The van der Waals surface area contributed by atoms with E-state index in [2.05, 4.69) is 15.5 Å². The minimum atomic E-state index is -0.246. The Morgan fingerprint density at radius 3 is 3.00 bits per heavy atom. The second-order valence-corrected chi connectivity index (χ2v) is 5.36. The minimum absolute atomic E-state index is 0.246. The molecule has 0 aliphatic carbocycles. The molecule has 5 nitrogen and oxygen atoms in total. The maximum Gasteiger partial charge on any atom is 0.257 e. The fraction of sp³-hybridized carbons (Fsp3) is 0.250. The second kappa shape index (κ2) is 6.60. The highest BCUT2D eigenvalue weighted by atomic mass is 35.5. The molecule has 0 unspecified atom stereocenters. The lowest BCUT2D eigenvalue weighted by atomic mass is 10.2. The van der Waals surface area contributed by atoms with Crippen LogP contribution in [-0.4, -0.2) is 22.6 Å². The molecule has 0 spiro atoms. The van der Waals surface area contributed by atoms with E-state index in [9.17, 15) is 4.79 Å². The topological polar surface area (TPSA) is 80.9 Å². The van der Waals surface area contributed by atoms with E-state index >= 15 is 0 Å². The number of hydrogen-bond acceptors (Lipinski definition) is 5. The van der Waals surface area contributed by atoms with Gasteiger partial charge in [-0.1, -0.05) is 29.0 Å². The molecule has 2 aromatic rings. The van der Waals surface area contributed by atoms with Crippen LogP contribution in [0.2, 0.25) is 5.02 Å². The predicted molar refractivity (Wildman–Crippen MR) is 76.7 cm³/mol. The van der Waals surface area contributed by atoms with Crippen molar-refractivity contribution in [2.75, 3.05) is 11.9 Å². The van der Waals surface area contributed by atoms with Crippen LogP contribution in [0.25, 0.3) is 0 Å². The molecular weight excluding hydrogens is 284 g/mol. The van der Waals surface area contributed by atoms with Gasteiger partial charge in [0.05, 0.1) is 0 Å². The minimum Gasteiger partial charge on any atom is -0.330 e. The summed E-state index contributed by atoms with van der Waals surface area (Å²) in [7, 11) is 0. The summed E-state index contributed by atoms with van der Waals surface area (Å²) in [6, 6.07) is 6.74. The number of rotatable bonds is 5. The van der Waals surface area contributed by atoms with Gasteiger partial charge in [-0.05, 0) is 31.2 Å². The molecule has 19 heavy (non-hydrogen) atoms. The molecule has 100 valence electrons. The van der Waals surface area contributed by atoms with Gasteiger partial charge in [0, 0.05) is 17.0 Å². The summed E-state index contributed by atoms with van der Waals surface area (Å²) in [4.78, 5) is 11.9. The molecule has 0 aliphatic heterocycles. The average Bonchev–Trinajstić information content (AvgIpc) is 2.84. The van der Waals surface area contributed by atoms with Crippen LogP contribution >= 0.6 is 22.9 Å². The van der Waals surface area contributed by atoms with Gasteiger partial charge in [-0.25, -0.2) is 0 Å². The van der Waals surface area contributed by atoms with Crippen molar-refractivity contribution < 1.29 is 4.79 Å². The number of carbonyl (C=O) groups is 1. The first-order valence-corrected chi connectivity index (χ1v) is 6.98. The SMILES string of the molecule is NCCCc1nnc(NC(=O)c2cccc(Cl)c2)s1. The van der Waals surface area contributed by atoms with Crippen molar-refractivity contribution in [3.8, 4) is 0 Å². The Bertz CT molecular complexity index is 572. The van der Waals surface area contributed by atoms with Crippen molar-refractivity contribution in [2.45, 2.75) is 12.8 Å². The highest BCUT2D eigenvalue weighted by Crippen LogP contribution is 2.18. The van der Waals surface area contributed by atoms with Gasteiger partial charge in [0.15, 0.2) is 0 Å². The lowest BCUT2D eigenvalue weighted by Gasteiger charge is -2.01. The van der Waals surface area contributed by atoms with Crippen LogP contribution in [0.5, 0.6) is 0 Å². The molecule has 0 bridgehead atoms. The van der Waals surface area contributed by atoms with Crippen molar-refractivity contribution in [1.29, 1.82) is 0 Å². The van der Waals surface area contributed by atoms with E-state index in [-0.39, 0.29) is 5.91 Å². The first kappa shape index (κ1) is 13.9.